The topological polar surface area (TPSA) is 69.8 Å². The quantitative estimate of drug-likeness (QED) is 0.473. The van der Waals surface area contributed by atoms with E-state index in [9.17, 15) is 4.39 Å². The maximum absolute atomic E-state index is 14.3. The molecule has 1 aromatic heterocycles. The highest BCUT2D eigenvalue weighted by atomic mass is 32.1. The Balaban J connectivity index is 1.56. The van der Waals surface area contributed by atoms with Crippen molar-refractivity contribution in [2.75, 3.05) is 31.1 Å². The number of nitrogens with two attached hydrogens (primary N) is 1. The highest BCUT2D eigenvalue weighted by molar-refractivity contribution is 7.80. The number of piperazine rings is 1. The number of pyridine rings is 1. The summed E-state index contributed by atoms with van der Waals surface area (Å²) in [6.45, 7) is 4.51. The highest BCUT2D eigenvalue weighted by Gasteiger charge is 2.18. The van der Waals surface area contributed by atoms with Gasteiger partial charge in [0.2, 0.25) is 0 Å². The van der Waals surface area contributed by atoms with Gasteiger partial charge >= 0.3 is 0 Å². The molecule has 1 fully saturated rings. The molecular formula is C18H21FN6S. The van der Waals surface area contributed by atoms with Crippen LogP contribution in [-0.2, 0) is 6.54 Å². The minimum Gasteiger partial charge on any atom is -0.375 e. The Morgan fingerprint density at radius 3 is 2.62 bits per heavy atom. The van der Waals surface area contributed by atoms with E-state index in [2.05, 4.69) is 37.5 Å². The summed E-state index contributed by atoms with van der Waals surface area (Å²) in [7, 11) is 0. The van der Waals surface area contributed by atoms with Gasteiger partial charge in [0.25, 0.3) is 0 Å². The Morgan fingerprint density at radius 2 is 1.96 bits per heavy atom. The average molecular weight is 372 g/mol. The summed E-state index contributed by atoms with van der Waals surface area (Å²) in [5, 5.41) is 3.83. The van der Waals surface area contributed by atoms with Crippen LogP contribution in [0.2, 0.25) is 0 Å². The number of nitrogens with zero attached hydrogens (tertiary/aromatic N) is 4. The fourth-order valence-corrected chi connectivity index (χ4v) is 2.95. The number of rotatable bonds is 5. The zero-order chi connectivity index (χ0) is 18.4. The Morgan fingerprint density at radius 1 is 1.23 bits per heavy atom. The Hall–Kier alpha value is -2.58. The van der Waals surface area contributed by atoms with Crippen molar-refractivity contribution in [1.82, 2.24) is 15.3 Å². The summed E-state index contributed by atoms with van der Waals surface area (Å²) in [5.41, 5.74) is 10.2. The minimum atomic E-state index is -0.324. The molecule has 0 spiro atoms. The van der Waals surface area contributed by atoms with Crippen LogP contribution in [0.15, 0.2) is 47.8 Å². The molecule has 1 aliphatic rings. The Bertz CT molecular complexity index is 775. The fraction of sp³-hybridized carbons (Fsp3) is 0.278. The Labute approximate surface area is 157 Å². The molecule has 0 unspecified atom stereocenters. The van der Waals surface area contributed by atoms with Crippen LogP contribution in [0.25, 0.3) is 0 Å². The molecule has 0 aliphatic carbocycles. The lowest BCUT2D eigenvalue weighted by atomic mass is 10.1. The van der Waals surface area contributed by atoms with Crippen molar-refractivity contribution in [3.8, 4) is 0 Å². The molecule has 0 amide bonds. The van der Waals surface area contributed by atoms with Crippen molar-refractivity contribution >= 4 is 29.2 Å². The van der Waals surface area contributed by atoms with E-state index in [1.54, 1.807) is 12.1 Å². The van der Waals surface area contributed by atoms with Crippen molar-refractivity contribution in [3.05, 3.63) is 59.7 Å². The molecule has 0 saturated carbocycles. The van der Waals surface area contributed by atoms with Gasteiger partial charge in [-0.15, -0.1) is 0 Å². The van der Waals surface area contributed by atoms with Gasteiger partial charge in [0, 0.05) is 56.4 Å². The summed E-state index contributed by atoms with van der Waals surface area (Å²) in [5.74, 6) is -0.324. The van der Waals surface area contributed by atoms with Gasteiger partial charge in [-0.25, -0.2) is 4.39 Å². The van der Waals surface area contributed by atoms with Crippen LogP contribution in [0.1, 0.15) is 11.1 Å². The second kappa shape index (κ2) is 8.68. The molecule has 0 radical (unpaired) electrons. The van der Waals surface area contributed by atoms with Gasteiger partial charge < -0.3 is 10.6 Å². The largest absolute Gasteiger partial charge is 0.375 e. The molecule has 3 rings (SSSR count). The molecule has 1 aromatic carbocycles. The van der Waals surface area contributed by atoms with E-state index in [4.69, 9.17) is 5.73 Å². The molecule has 8 heteroatoms. The zero-order valence-electron chi connectivity index (χ0n) is 14.3. The molecular weight excluding hydrogens is 351 g/mol. The summed E-state index contributed by atoms with van der Waals surface area (Å²) < 4.78 is 14.3. The van der Waals surface area contributed by atoms with Gasteiger partial charge in [0.05, 0.1) is 6.21 Å². The molecule has 0 bridgehead atoms. The van der Waals surface area contributed by atoms with E-state index in [0.29, 0.717) is 5.56 Å². The second-order valence-electron chi connectivity index (χ2n) is 6.06. The molecule has 0 atom stereocenters. The number of nitrogens with one attached hydrogen (secondary N) is 1. The van der Waals surface area contributed by atoms with Crippen molar-refractivity contribution in [2.24, 2.45) is 10.8 Å². The van der Waals surface area contributed by atoms with Crippen LogP contribution in [0.3, 0.4) is 0 Å². The molecule has 26 heavy (non-hydrogen) atoms. The predicted octanol–water partition coefficient (Wildman–Crippen LogP) is 1.71. The van der Waals surface area contributed by atoms with E-state index in [1.807, 2.05) is 30.6 Å². The highest BCUT2D eigenvalue weighted by Crippen LogP contribution is 2.20. The molecule has 1 aliphatic heterocycles. The molecule has 2 aromatic rings. The van der Waals surface area contributed by atoms with Crippen LogP contribution in [-0.4, -0.2) is 47.4 Å². The fourth-order valence-electron chi connectivity index (χ4n) is 2.89. The van der Waals surface area contributed by atoms with Gasteiger partial charge in [-0.1, -0.05) is 0 Å². The monoisotopic (exact) mass is 372 g/mol. The molecule has 3 N–H and O–H groups in total. The summed E-state index contributed by atoms with van der Waals surface area (Å²) in [6, 6.07) is 9.23. The lowest BCUT2D eigenvalue weighted by Gasteiger charge is -2.36. The van der Waals surface area contributed by atoms with Gasteiger partial charge in [0.15, 0.2) is 5.11 Å². The number of anilines is 1. The molecule has 6 nitrogen and oxygen atoms in total. The van der Waals surface area contributed by atoms with E-state index in [-0.39, 0.29) is 10.9 Å². The molecule has 2 heterocycles. The van der Waals surface area contributed by atoms with Crippen LogP contribution in [0.5, 0.6) is 0 Å². The predicted molar refractivity (Wildman–Crippen MR) is 106 cm³/mol. The number of aromatic nitrogens is 1. The first-order chi connectivity index (χ1) is 12.6. The molecule has 1 saturated heterocycles. The smallest absolute Gasteiger partial charge is 0.184 e. The third kappa shape index (κ3) is 4.96. The lowest BCUT2D eigenvalue weighted by molar-refractivity contribution is 0.250. The van der Waals surface area contributed by atoms with Crippen LogP contribution < -0.4 is 16.1 Å². The standard InChI is InChI=1S/C18H21FN6S/c19-17-11-16(2-1-15(17)12-22-23-18(20)26)25-9-7-24(8-10-25)13-14-3-5-21-6-4-14/h1-6,11-12H,7-10,13H2,(H3,20,23,26). The maximum atomic E-state index is 14.3. The van der Waals surface area contributed by atoms with E-state index in [1.165, 1.54) is 11.8 Å². The number of hydrogen-bond donors (Lipinski definition) is 2. The number of thiocarbonyl (C=S) groups is 1. The van der Waals surface area contributed by atoms with E-state index in [0.717, 1.165) is 38.4 Å². The number of hydrazone groups is 1. The minimum absolute atomic E-state index is 0.0444. The second-order valence-corrected chi connectivity index (χ2v) is 6.50. The van der Waals surface area contributed by atoms with Gasteiger partial charge in [-0.05, 0) is 48.1 Å². The zero-order valence-corrected chi connectivity index (χ0v) is 15.1. The SMILES string of the molecule is NC(=S)NN=Cc1ccc(N2CCN(Cc3ccncc3)CC2)cc1F. The summed E-state index contributed by atoms with van der Waals surface area (Å²) in [4.78, 5) is 8.63. The van der Waals surface area contributed by atoms with Crippen molar-refractivity contribution in [2.45, 2.75) is 6.54 Å². The Kier molecular flexibility index (Phi) is 6.08. The first-order valence-corrected chi connectivity index (χ1v) is 8.77. The van der Waals surface area contributed by atoms with Crippen LogP contribution in [0, 0.1) is 5.82 Å². The molecule has 136 valence electrons. The summed E-state index contributed by atoms with van der Waals surface area (Å²) in [6.07, 6.45) is 5.00. The van der Waals surface area contributed by atoms with Gasteiger partial charge in [0.1, 0.15) is 5.82 Å². The summed E-state index contributed by atoms with van der Waals surface area (Å²) >= 11 is 4.65. The van der Waals surface area contributed by atoms with Crippen LogP contribution >= 0.6 is 12.2 Å². The van der Waals surface area contributed by atoms with Gasteiger partial charge in [-0.3, -0.25) is 15.3 Å². The van der Waals surface area contributed by atoms with E-state index >= 15 is 0 Å². The number of halogens is 1. The average Bonchev–Trinajstić information content (AvgIpc) is 2.64. The van der Waals surface area contributed by atoms with E-state index < -0.39 is 0 Å². The lowest BCUT2D eigenvalue weighted by Crippen LogP contribution is -2.46. The first kappa shape index (κ1) is 18.2. The normalized spacial score (nSPS) is 15.3. The third-order valence-corrected chi connectivity index (χ3v) is 4.35. The van der Waals surface area contributed by atoms with Crippen molar-refractivity contribution < 1.29 is 4.39 Å². The van der Waals surface area contributed by atoms with Crippen LogP contribution in [0.4, 0.5) is 10.1 Å². The van der Waals surface area contributed by atoms with Crippen molar-refractivity contribution in [1.29, 1.82) is 0 Å². The van der Waals surface area contributed by atoms with Crippen molar-refractivity contribution in [3.63, 3.8) is 0 Å². The van der Waals surface area contributed by atoms with Gasteiger partial charge in [-0.2, -0.15) is 5.10 Å². The first-order valence-electron chi connectivity index (χ1n) is 8.36. The maximum Gasteiger partial charge on any atom is 0.184 e. The third-order valence-electron chi connectivity index (χ3n) is 4.26. The number of benzene rings is 1. The number of hydrogen-bond acceptors (Lipinski definition) is 5.